The molecular formula is C26H42N4O5. The second-order valence-corrected chi connectivity index (χ2v) is 9.49. The number of likely N-dealkylation sites (N-methyl/N-ethyl adjacent to an activating group) is 1. The van der Waals surface area contributed by atoms with Gasteiger partial charge in [-0.25, -0.2) is 0 Å². The molecule has 1 saturated heterocycles. The highest BCUT2D eigenvalue weighted by atomic mass is 16.5. The second-order valence-electron chi connectivity index (χ2n) is 9.49. The van der Waals surface area contributed by atoms with Gasteiger partial charge in [-0.15, -0.1) is 0 Å². The number of hydrogen-bond acceptors (Lipinski definition) is 9. The number of rotatable bonds is 11. The highest BCUT2D eigenvalue weighted by Gasteiger charge is 2.23. The quantitative estimate of drug-likeness (QED) is 0.322. The Labute approximate surface area is 208 Å². The van der Waals surface area contributed by atoms with E-state index in [0.29, 0.717) is 25.1 Å². The molecule has 0 amide bonds. The van der Waals surface area contributed by atoms with Gasteiger partial charge in [0, 0.05) is 31.1 Å². The number of hydrogen-bond donors (Lipinski definition) is 3. The lowest BCUT2D eigenvalue weighted by molar-refractivity contribution is 0.0961. The summed E-state index contributed by atoms with van der Waals surface area (Å²) in [7, 11) is 1.72. The first-order chi connectivity index (χ1) is 16.8. The van der Waals surface area contributed by atoms with Gasteiger partial charge >= 0.3 is 6.01 Å². The van der Waals surface area contributed by atoms with Crippen molar-refractivity contribution in [2.24, 2.45) is 5.92 Å². The van der Waals surface area contributed by atoms with Crippen molar-refractivity contribution in [3.8, 4) is 5.75 Å². The summed E-state index contributed by atoms with van der Waals surface area (Å²) >= 11 is 0. The maximum absolute atomic E-state index is 11.1. The molecule has 3 N–H and O–H groups in total. The molecule has 3 rings (SSSR count). The molecule has 9 heteroatoms. The Morgan fingerprint density at radius 2 is 1.91 bits per heavy atom. The van der Waals surface area contributed by atoms with E-state index >= 15 is 0 Å². The standard InChI is InChI=1S/C22H31N3O3.C4H11NO2/c1-15(2)21-23-22(28-24-21)25-9-7-18(8-10-25)6-5-11-27-19-12-16(3)20(14-26)17(4)13-19;1-5-2-4(7)3-6/h12-15,18H,5-11H2,1-4H3;4-7H,2-3H2,1H3. The number of benzene rings is 1. The summed E-state index contributed by atoms with van der Waals surface area (Å²) in [5.41, 5.74) is 2.71. The predicted molar refractivity (Wildman–Crippen MR) is 136 cm³/mol. The highest BCUT2D eigenvalue weighted by Crippen LogP contribution is 2.26. The molecular weight excluding hydrogens is 448 g/mol. The predicted octanol–water partition coefficient (Wildman–Crippen LogP) is 3.26. The Kier molecular flexibility index (Phi) is 12.2. The molecule has 1 fully saturated rings. The molecule has 1 aliphatic heterocycles. The molecule has 9 nitrogen and oxygen atoms in total. The third kappa shape index (κ3) is 9.23. The number of aromatic nitrogens is 2. The lowest BCUT2D eigenvalue weighted by Crippen LogP contribution is -2.34. The average molecular weight is 491 g/mol. The molecule has 196 valence electrons. The number of carbonyl (C=O) groups is 1. The molecule has 35 heavy (non-hydrogen) atoms. The minimum absolute atomic E-state index is 0.166. The van der Waals surface area contributed by atoms with Crippen molar-refractivity contribution in [3.05, 3.63) is 34.6 Å². The number of ether oxygens (including phenoxy) is 1. The van der Waals surface area contributed by atoms with Crippen molar-refractivity contribution in [1.29, 1.82) is 0 Å². The molecule has 0 saturated carbocycles. The Hall–Kier alpha value is -2.49. The zero-order valence-corrected chi connectivity index (χ0v) is 21.8. The minimum Gasteiger partial charge on any atom is -0.494 e. The lowest BCUT2D eigenvalue weighted by Gasteiger charge is -2.30. The van der Waals surface area contributed by atoms with Gasteiger partial charge in [-0.05, 0) is 75.8 Å². The molecule has 0 spiro atoms. The number of aliphatic hydroxyl groups is 2. The van der Waals surface area contributed by atoms with Crippen LogP contribution in [0.15, 0.2) is 16.7 Å². The van der Waals surface area contributed by atoms with Gasteiger partial charge in [-0.3, -0.25) is 4.79 Å². The van der Waals surface area contributed by atoms with E-state index in [2.05, 4.69) is 34.2 Å². The molecule has 1 atom stereocenters. The number of anilines is 1. The Bertz CT molecular complexity index is 871. The summed E-state index contributed by atoms with van der Waals surface area (Å²) in [6.45, 7) is 11.0. The smallest absolute Gasteiger partial charge is 0.324 e. The van der Waals surface area contributed by atoms with Crippen LogP contribution < -0.4 is 15.0 Å². The summed E-state index contributed by atoms with van der Waals surface area (Å²) < 4.78 is 11.3. The van der Waals surface area contributed by atoms with Gasteiger partial charge in [0.1, 0.15) is 5.75 Å². The molecule has 0 bridgehead atoms. The zero-order valence-electron chi connectivity index (χ0n) is 21.8. The molecule has 1 aliphatic rings. The molecule has 1 aromatic carbocycles. The van der Waals surface area contributed by atoms with E-state index in [4.69, 9.17) is 19.5 Å². The number of aryl methyl sites for hydroxylation is 2. The van der Waals surface area contributed by atoms with Crippen molar-refractivity contribution < 1.29 is 24.3 Å². The number of aliphatic hydroxyl groups excluding tert-OH is 2. The van der Waals surface area contributed by atoms with Crippen LogP contribution in [0.4, 0.5) is 6.01 Å². The van der Waals surface area contributed by atoms with Crippen molar-refractivity contribution in [3.63, 3.8) is 0 Å². The Morgan fingerprint density at radius 1 is 1.26 bits per heavy atom. The lowest BCUT2D eigenvalue weighted by atomic mass is 9.92. The Morgan fingerprint density at radius 3 is 2.40 bits per heavy atom. The normalized spacial score (nSPS) is 15.0. The van der Waals surface area contributed by atoms with Crippen LogP contribution in [-0.2, 0) is 0 Å². The number of nitrogens with one attached hydrogen (secondary N) is 1. The van der Waals surface area contributed by atoms with Gasteiger partial charge in [0.2, 0.25) is 0 Å². The van der Waals surface area contributed by atoms with Gasteiger partial charge < -0.3 is 29.7 Å². The van der Waals surface area contributed by atoms with Crippen LogP contribution in [0.1, 0.15) is 72.8 Å². The molecule has 1 unspecified atom stereocenters. The van der Waals surface area contributed by atoms with Gasteiger partial charge in [-0.2, -0.15) is 4.98 Å². The van der Waals surface area contributed by atoms with E-state index in [0.717, 1.165) is 66.9 Å². The fraction of sp³-hybridized carbons (Fsp3) is 0.654. The number of carbonyl (C=O) groups excluding carboxylic acids is 1. The van der Waals surface area contributed by atoms with Gasteiger partial charge in [0.05, 0.1) is 19.3 Å². The van der Waals surface area contributed by atoms with Crippen LogP contribution in [-0.4, -0.2) is 72.6 Å². The maximum Gasteiger partial charge on any atom is 0.324 e. The zero-order chi connectivity index (χ0) is 25.8. The van der Waals surface area contributed by atoms with E-state index in [1.165, 1.54) is 6.42 Å². The van der Waals surface area contributed by atoms with E-state index in [1.807, 2.05) is 26.0 Å². The van der Waals surface area contributed by atoms with Crippen LogP contribution in [0.5, 0.6) is 5.75 Å². The molecule has 0 radical (unpaired) electrons. The van der Waals surface area contributed by atoms with Crippen molar-refractivity contribution in [2.75, 3.05) is 44.8 Å². The van der Waals surface area contributed by atoms with Crippen LogP contribution in [0.25, 0.3) is 0 Å². The number of aldehydes is 1. The summed E-state index contributed by atoms with van der Waals surface area (Å²) in [6, 6.07) is 4.56. The SMILES string of the molecule is CNCC(O)CO.Cc1cc(OCCCC2CCN(c3nc(C(C)C)no3)CC2)cc(C)c1C=O. The average Bonchev–Trinajstić information content (AvgIpc) is 3.33. The molecule has 1 aromatic heterocycles. The number of nitrogens with zero attached hydrogens (tertiary/aromatic N) is 3. The van der Waals surface area contributed by atoms with Crippen molar-refractivity contribution >= 4 is 12.3 Å². The summed E-state index contributed by atoms with van der Waals surface area (Å²) in [5.74, 6) is 2.64. The Balaban J connectivity index is 0.000000540. The molecule has 2 heterocycles. The van der Waals surface area contributed by atoms with Crippen LogP contribution in [0.3, 0.4) is 0 Å². The minimum atomic E-state index is -0.606. The first-order valence-corrected chi connectivity index (χ1v) is 12.5. The van der Waals surface area contributed by atoms with Crippen LogP contribution in [0, 0.1) is 19.8 Å². The summed E-state index contributed by atoms with van der Waals surface area (Å²) in [5, 5.41) is 23.5. The van der Waals surface area contributed by atoms with Crippen LogP contribution in [0.2, 0.25) is 0 Å². The highest BCUT2D eigenvalue weighted by molar-refractivity contribution is 5.80. The molecule has 0 aliphatic carbocycles. The maximum atomic E-state index is 11.1. The topological polar surface area (TPSA) is 121 Å². The third-order valence-corrected chi connectivity index (χ3v) is 6.19. The largest absolute Gasteiger partial charge is 0.494 e. The van der Waals surface area contributed by atoms with Gasteiger partial charge in [-0.1, -0.05) is 19.0 Å². The van der Waals surface area contributed by atoms with E-state index in [1.54, 1.807) is 7.05 Å². The van der Waals surface area contributed by atoms with Gasteiger partial charge in [0.25, 0.3) is 0 Å². The third-order valence-electron chi connectivity index (χ3n) is 6.19. The first kappa shape index (κ1) is 28.7. The fourth-order valence-corrected chi connectivity index (χ4v) is 4.07. The number of piperidine rings is 1. The monoisotopic (exact) mass is 490 g/mol. The summed E-state index contributed by atoms with van der Waals surface area (Å²) in [6.07, 6.45) is 4.80. The van der Waals surface area contributed by atoms with E-state index in [-0.39, 0.29) is 12.5 Å². The van der Waals surface area contributed by atoms with Crippen LogP contribution >= 0.6 is 0 Å². The summed E-state index contributed by atoms with van der Waals surface area (Å²) in [4.78, 5) is 17.8. The van der Waals surface area contributed by atoms with E-state index < -0.39 is 6.10 Å². The van der Waals surface area contributed by atoms with Crippen molar-refractivity contribution in [2.45, 2.75) is 65.4 Å². The first-order valence-electron chi connectivity index (χ1n) is 12.5. The molecule has 2 aromatic rings. The van der Waals surface area contributed by atoms with E-state index in [9.17, 15) is 4.79 Å². The fourth-order valence-electron chi connectivity index (χ4n) is 4.07. The van der Waals surface area contributed by atoms with Crippen molar-refractivity contribution in [1.82, 2.24) is 15.5 Å². The second kappa shape index (κ2) is 14.8. The van der Waals surface area contributed by atoms with Gasteiger partial charge in [0.15, 0.2) is 12.1 Å².